The number of rotatable bonds is 3. The van der Waals surface area contributed by atoms with E-state index in [0.717, 1.165) is 11.8 Å². The molecule has 2 N–H and O–H groups in total. The zero-order chi connectivity index (χ0) is 12.3. The quantitative estimate of drug-likeness (QED) is 0.784. The van der Waals surface area contributed by atoms with Gasteiger partial charge in [-0.25, -0.2) is 0 Å². The van der Waals surface area contributed by atoms with Gasteiger partial charge in [0, 0.05) is 12.6 Å². The van der Waals surface area contributed by atoms with Crippen molar-refractivity contribution in [3.8, 4) is 0 Å². The highest BCUT2D eigenvalue weighted by atomic mass is 16.3. The molecule has 100 valence electrons. The van der Waals surface area contributed by atoms with Crippen molar-refractivity contribution in [1.82, 2.24) is 10.2 Å². The summed E-state index contributed by atoms with van der Waals surface area (Å²) < 4.78 is 0. The van der Waals surface area contributed by atoms with Crippen LogP contribution in [-0.2, 0) is 0 Å². The van der Waals surface area contributed by atoms with Crippen molar-refractivity contribution >= 4 is 0 Å². The van der Waals surface area contributed by atoms with Gasteiger partial charge in [0.2, 0.25) is 0 Å². The highest BCUT2D eigenvalue weighted by Gasteiger charge is 2.31. The second-order valence-electron chi connectivity index (χ2n) is 6.13. The molecule has 2 fully saturated rings. The molecule has 2 aliphatic rings. The second kappa shape index (κ2) is 6.17. The summed E-state index contributed by atoms with van der Waals surface area (Å²) in [6, 6.07) is 0.397. The van der Waals surface area contributed by atoms with E-state index in [9.17, 15) is 5.11 Å². The minimum Gasteiger partial charge on any atom is -0.392 e. The minimum atomic E-state index is -0.181. The molecule has 2 rings (SSSR count). The van der Waals surface area contributed by atoms with Crippen LogP contribution in [0.25, 0.3) is 0 Å². The Bertz CT molecular complexity index is 226. The maximum atomic E-state index is 9.94. The Hall–Kier alpha value is -0.120. The number of aliphatic hydroxyl groups excluding tert-OH is 1. The van der Waals surface area contributed by atoms with Crippen LogP contribution < -0.4 is 5.32 Å². The summed E-state index contributed by atoms with van der Waals surface area (Å²) in [6.45, 7) is 9.00. The Morgan fingerprint density at radius 1 is 1.29 bits per heavy atom. The first-order valence-corrected chi connectivity index (χ1v) is 7.29. The van der Waals surface area contributed by atoms with Gasteiger partial charge in [-0.1, -0.05) is 6.92 Å². The van der Waals surface area contributed by atoms with Gasteiger partial charge in [-0.3, -0.25) is 4.90 Å². The first-order chi connectivity index (χ1) is 8.16. The summed E-state index contributed by atoms with van der Waals surface area (Å²) in [7, 11) is 0. The molecule has 0 saturated carbocycles. The molecule has 17 heavy (non-hydrogen) atoms. The van der Waals surface area contributed by atoms with Gasteiger partial charge in [-0.2, -0.15) is 0 Å². The molecule has 0 amide bonds. The summed E-state index contributed by atoms with van der Waals surface area (Å²) in [5, 5.41) is 13.4. The molecular weight excluding hydrogens is 212 g/mol. The van der Waals surface area contributed by atoms with E-state index < -0.39 is 0 Å². The van der Waals surface area contributed by atoms with Crippen molar-refractivity contribution in [1.29, 1.82) is 0 Å². The molecule has 0 aromatic heterocycles. The number of piperidine rings is 2. The molecule has 0 radical (unpaired) electrons. The average molecular weight is 240 g/mol. The second-order valence-corrected chi connectivity index (χ2v) is 6.13. The smallest absolute Gasteiger partial charge is 0.0667 e. The van der Waals surface area contributed by atoms with Crippen molar-refractivity contribution in [2.24, 2.45) is 11.8 Å². The lowest BCUT2D eigenvalue weighted by Crippen LogP contribution is -2.50. The number of likely N-dealkylation sites (tertiary alicyclic amines) is 1. The zero-order valence-corrected chi connectivity index (χ0v) is 11.4. The van der Waals surface area contributed by atoms with E-state index in [1.54, 1.807) is 0 Å². The first kappa shape index (κ1) is 13.3. The molecule has 2 heterocycles. The Morgan fingerprint density at radius 2 is 2.00 bits per heavy atom. The van der Waals surface area contributed by atoms with E-state index in [4.69, 9.17) is 0 Å². The molecule has 3 unspecified atom stereocenters. The van der Waals surface area contributed by atoms with Crippen molar-refractivity contribution in [3.05, 3.63) is 0 Å². The highest BCUT2D eigenvalue weighted by molar-refractivity contribution is 4.85. The fraction of sp³-hybridized carbons (Fsp3) is 1.00. The van der Waals surface area contributed by atoms with Gasteiger partial charge in [0.1, 0.15) is 0 Å². The fourth-order valence-corrected chi connectivity index (χ4v) is 3.36. The lowest BCUT2D eigenvalue weighted by Gasteiger charge is -2.42. The SMILES string of the molecule is CC1CCN(CC2CCNCC2)C(C(C)O)C1. The standard InChI is InChI=1S/C14H28N2O/c1-11-5-8-16(14(9-11)12(2)17)10-13-3-6-15-7-4-13/h11-15,17H,3-10H2,1-2H3. The van der Waals surface area contributed by atoms with Crippen LogP contribution in [0.4, 0.5) is 0 Å². The lowest BCUT2D eigenvalue weighted by molar-refractivity contribution is 0.00990. The summed E-state index contributed by atoms with van der Waals surface area (Å²) in [5.74, 6) is 1.62. The monoisotopic (exact) mass is 240 g/mol. The molecule has 3 atom stereocenters. The molecule has 3 nitrogen and oxygen atoms in total. The molecule has 0 aromatic rings. The van der Waals surface area contributed by atoms with Crippen LogP contribution in [0, 0.1) is 11.8 Å². The van der Waals surface area contributed by atoms with Crippen LogP contribution >= 0.6 is 0 Å². The third-order valence-electron chi connectivity index (χ3n) is 4.53. The summed E-state index contributed by atoms with van der Waals surface area (Å²) in [5.41, 5.74) is 0. The molecule has 0 aliphatic carbocycles. The van der Waals surface area contributed by atoms with Crippen molar-refractivity contribution < 1.29 is 5.11 Å². The Labute approximate surface area is 106 Å². The first-order valence-electron chi connectivity index (χ1n) is 7.29. The normalized spacial score (nSPS) is 34.8. The molecule has 2 saturated heterocycles. The van der Waals surface area contributed by atoms with Crippen molar-refractivity contribution in [3.63, 3.8) is 0 Å². The van der Waals surface area contributed by atoms with E-state index >= 15 is 0 Å². The van der Waals surface area contributed by atoms with Gasteiger partial charge < -0.3 is 10.4 Å². The van der Waals surface area contributed by atoms with Gasteiger partial charge in [-0.05, 0) is 64.1 Å². The van der Waals surface area contributed by atoms with Gasteiger partial charge >= 0.3 is 0 Å². The Kier molecular flexibility index (Phi) is 4.83. The average Bonchev–Trinajstić information content (AvgIpc) is 2.32. The number of aliphatic hydroxyl groups is 1. The van der Waals surface area contributed by atoms with Crippen LogP contribution in [0.15, 0.2) is 0 Å². The zero-order valence-electron chi connectivity index (χ0n) is 11.4. The minimum absolute atomic E-state index is 0.181. The third kappa shape index (κ3) is 3.67. The molecule has 0 bridgehead atoms. The summed E-state index contributed by atoms with van der Waals surface area (Å²) >= 11 is 0. The van der Waals surface area contributed by atoms with E-state index in [0.29, 0.717) is 6.04 Å². The number of nitrogens with one attached hydrogen (secondary N) is 1. The van der Waals surface area contributed by atoms with E-state index in [2.05, 4.69) is 17.1 Å². The van der Waals surface area contributed by atoms with Crippen molar-refractivity contribution in [2.75, 3.05) is 26.2 Å². The van der Waals surface area contributed by atoms with Crippen LogP contribution in [-0.4, -0.2) is 48.3 Å². The summed E-state index contributed by atoms with van der Waals surface area (Å²) in [4.78, 5) is 2.56. The third-order valence-corrected chi connectivity index (χ3v) is 4.53. The number of nitrogens with zero attached hydrogens (tertiary/aromatic N) is 1. The Balaban J connectivity index is 1.88. The fourth-order valence-electron chi connectivity index (χ4n) is 3.36. The largest absolute Gasteiger partial charge is 0.392 e. The van der Waals surface area contributed by atoms with Crippen LogP contribution in [0.2, 0.25) is 0 Å². The summed E-state index contributed by atoms with van der Waals surface area (Å²) in [6.07, 6.45) is 4.90. The van der Waals surface area contributed by atoms with Gasteiger partial charge in [-0.15, -0.1) is 0 Å². The van der Waals surface area contributed by atoms with Crippen LogP contribution in [0.5, 0.6) is 0 Å². The lowest BCUT2D eigenvalue weighted by atomic mass is 9.88. The predicted molar refractivity (Wildman–Crippen MR) is 71.0 cm³/mol. The Morgan fingerprint density at radius 3 is 2.65 bits per heavy atom. The van der Waals surface area contributed by atoms with E-state index in [1.165, 1.54) is 51.9 Å². The maximum Gasteiger partial charge on any atom is 0.0667 e. The van der Waals surface area contributed by atoms with Crippen LogP contribution in [0.1, 0.15) is 39.5 Å². The van der Waals surface area contributed by atoms with Gasteiger partial charge in [0.15, 0.2) is 0 Å². The molecule has 3 heteroatoms. The topological polar surface area (TPSA) is 35.5 Å². The number of hydrogen-bond acceptors (Lipinski definition) is 3. The maximum absolute atomic E-state index is 9.94. The predicted octanol–water partition coefficient (Wildman–Crippen LogP) is 1.47. The molecule has 2 aliphatic heterocycles. The van der Waals surface area contributed by atoms with E-state index in [1.807, 2.05) is 6.92 Å². The molecular formula is C14H28N2O. The highest BCUT2D eigenvalue weighted by Crippen LogP contribution is 2.26. The number of hydrogen-bond donors (Lipinski definition) is 2. The van der Waals surface area contributed by atoms with Gasteiger partial charge in [0.05, 0.1) is 6.10 Å². The van der Waals surface area contributed by atoms with Crippen molar-refractivity contribution in [2.45, 2.75) is 51.7 Å². The van der Waals surface area contributed by atoms with Crippen LogP contribution in [0.3, 0.4) is 0 Å². The van der Waals surface area contributed by atoms with Gasteiger partial charge in [0.25, 0.3) is 0 Å². The molecule has 0 aromatic carbocycles. The van der Waals surface area contributed by atoms with E-state index in [-0.39, 0.29) is 6.10 Å². The molecule has 0 spiro atoms.